The van der Waals surface area contributed by atoms with Crippen LogP contribution in [0.3, 0.4) is 0 Å². The molecular weight excluding hydrogens is 268 g/mol. The summed E-state index contributed by atoms with van der Waals surface area (Å²) in [7, 11) is 0. The Kier molecular flexibility index (Phi) is 5.68. The number of hydrogen-bond donors (Lipinski definition) is 3. The first kappa shape index (κ1) is 15.4. The van der Waals surface area contributed by atoms with Gasteiger partial charge in [-0.2, -0.15) is 0 Å². The maximum atomic E-state index is 12.0. The fraction of sp³-hybridized carbons (Fsp3) is 0.636. The molecule has 19 heavy (non-hydrogen) atoms. The standard InChI is InChI=1S/C11H18N4O3S/c12-8(16)6-15(7-3-1-2-4-7)11(18)10(17)14-5-9(13)19/h7H,1-6H2,(H2,12,16)(H2,13,19)(H,14,17). The number of nitrogens with zero attached hydrogens (tertiary/aromatic N) is 1. The summed E-state index contributed by atoms with van der Waals surface area (Å²) in [5.41, 5.74) is 10.4. The monoisotopic (exact) mass is 286 g/mol. The molecule has 0 spiro atoms. The zero-order valence-corrected chi connectivity index (χ0v) is 11.4. The molecule has 1 saturated carbocycles. The third-order valence-electron chi connectivity index (χ3n) is 2.97. The minimum absolute atomic E-state index is 0.0466. The van der Waals surface area contributed by atoms with Gasteiger partial charge in [-0.15, -0.1) is 0 Å². The molecule has 1 fully saturated rings. The van der Waals surface area contributed by atoms with E-state index in [1.165, 1.54) is 4.90 Å². The van der Waals surface area contributed by atoms with Crippen LogP contribution in [-0.2, 0) is 14.4 Å². The van der Waals surface area contributed by atoms with E-state index in [2.05, 4.69) is 17.5 Å². The van der Waals surface area contributed by atoms with Gasteiger partial charge in [0.15, 0.2) is 0 Å². The van der Waals surface area contributed by atoms with Crippen molar-refractivity contribution in [2.45, 2.75) is 31.7 Å². The van der Waals surface area contributed by atoms with E-state index in [4.69, 9.17) is 11.5 Å². The molecule has 1 aliphatic carbocycles. The summed E-state index contributed by atoms with van der Waals surface area (Å²) in [6.07, 6.45) is 3.51. The molecule has 1 rings (SSSR count). The van der Waals surface area contributed by atoms with Crippen LogP contribution in [0.1, 0.15) is 25.7 Å². The molecule has 0 atom stereocenters. The topological polar surface area (TPSA) is 119 Å². The van der Waals surface area contributed by atoms with Crippen LogP contribution in [0.15, 0.2) is 0 Å². The van der Waals surface area contributed by atoms with Gasteiger partial charge in [0.05, 0.1) is 11.5 Å². The molecule has 0 aliphatic heterocycles. The lowest BCUT2D eigenvalue weighted by molar-refractivity contribution is -0.148. The predicted octanol–water partition coefficient (Wildman–Crippen LogP) is -1.35. The molecule has 0 radical (unpaired) electrons. The van der Waals surface area contributed by atoms with E-state index in [0.717, 1.165) is 25.7 Å². The van der Waals surface area contributed by atoms with Gasteiger partial charge in [0.1, 0.15) is 6.54 Å². The lowest BCUT2D eigenvalue weighted by atomic mass is 10.2. The number of primary amides is 1. The average Bonchev–Trinajstić information content (AvgIpc) is 2.85. The number of carbonyl (C=O) groups excluding carboxylic acids is 3. The van der Waals surface area contributed by atoms with Crippen molar-refractivity contribution in [2.24, 2.45) is 11.5 Å². The van der Waals surface area contributed by atoms with Crippen molar-refractivity contribution in [3.63, 3.8) is 0 Å². The highest BCUT2D eigenvalue weighted by Crippen LogP contribution is 2.23. The van der Waals surface area contributed by atoms with Gasteiger partial charge in [-0.3, -0.25) is 14.4 Å². The van der Waals surface area contributed by atoms with Crippen molar-refractivity contribution in [1.29, 1.82) is 0 Å². The highest BCUT2D eigenvalue weighted by atomic mass is 32.1. The third kappa shape index (κ3) is 4.82. The van der Waals surface area contributed by atoms with Crippen molar-refractivity contribution in [2.75, 3.05) is 13.1 Å². The number of hydrogen-bond acceptors (Lipinski definition) is 4. The Balaban J connectivity index is 2.67. The van der Waals surface area contributed by atoms with Crippen LogP contribution in [0.4, 0.5) is 0 Å². The zero-order valence-electron chi connectivity index (χ0n) is 10.6. The SMILES string of the molecule is NC(=O)CN(C(=O)C(=O)NCC(N)=S)C1CCCC1. The maximum absolute atomic E-state index is 12.0. The van der Waals surface area contributed by atoms with Gasteiger partial charge >= 0.3 is 11.8 Å². The summed E-state index contributed by atoms with van der Waals surface area (Å²) < 4.78 is 0. The summed E-state index contributed by atoms with van der Waals surface area (Å²) in [6, 6.07) is -0.101. The minimum Gasteiger partial charge on any atom is -0.392 e. The molecule has 106 valence electrons. The third-order valence-corrected chi connectivity index (χ3v) is 3.11. The molecular formula is C11H18N4O3S. The van der Waals surface area contributed by atoms with Gasteiger partial charge in [0, 0.05) is 6.04 Å². The smallest absolute Gasteiger partial charge is 0.312 e. The quantitative estimate of drug-likeness (QED) is 0.426. The van der Waals surface area contributed by atoms with Crippen LogP contribution in [0.2, 0.25) is 0 Å². The van der Waals surface area contributed by atoms with Crippen molar-refractivity contribution >= 4 is 34.9 Å². The van der Waals surface area contributed by atoms with Crippen LogP contribution in [0.5, 0.6) is 0 Å². The van der Waals surface area contributed by atoms with Gasteiger partial charge in [0.25, 0.3) is 0 Å². The molecule has 0 aromatic carbocycles. The van der Waals surface area contributed by atoms with E-state index in [0.29, 0.717) is 0 Å². The number of amides is 3. The van der Waals surface area contributed by atoms with Crippen molar-refractivity contribution in [3.05, 3.63) is 0 Å². The summed E-state index contributed by atoms with van der Waals surface area (Å²) in [4.78, 5) is 36.0. The Morgan fingerprint density at radius 1 is 1.21 bits per heavy atom. The molecule has 0 aromatic rings. The maximum Gasteiger partial charge on any atom is 0.312 e. The first-order valence-corrected chi connectivity index (χ1v) is 6.48. The van der Waals surface area contributed by atoms with E-state index in [9.17, 15) is 14.4 Å². The van der Waals surface area contributed by atoms with Crippen LogP contribution in [0.25, 0.3) is 0 Å². The highest BCUT2D eigenvalue weighted by molar-refractivity contribution is 7.80. The largest absolute Gasteiger partial charge is 0.392 e. The molecule has 8 heteroatoms. The van der Waals surface area contributed by atoms with E-state index in [1.807, 2.05) is 0 Å². The fourth-order valence-corrected chi connectivity index (χ4v) is 2.20. The fourth-order valence-electron chi connectivity index (χ4n) is 2.12. The number of nitrogens with two attached hydrogens (primary N) is 2. The summed E-state index contributed by atoms with van der Waals surface area (Å²) in [5.74, 6) is -2.22. The first-order valence-electron chi connectivity index (χ1n) is 6.07. The Hall–Kier alpha value is -1.70. The van der Waals surface area contributed by atoms with Gasteiger partial charge in [0.2, 0.25) is 5.91 Å². The Labute approximate surface area is 116 Å². The second-order valence-electron chi connectivity index (χ2n) is 4.49. The lowest BCUT2D eigenvalue weighted by Crippen LogP contribution is -2.51. The Morgan fingerprint density at radius 3 is 2.26 bits per heavy atom. The number of rotatable bonds is 5. The van der Waals surface area contributed by atoms with Gasteiger partial charge in [-0.1, -0.05) is 25.1 Å². The van der Waals surface area contributed by atoms with E-state index < -0.39 is 17.7 Å². The molecule has 5 N–H and O–H groups in total. The average molecular weight is 286 g/mol. The second kappa shape index (κ2) is 7.03. The molecule has 0 bridgehead atoms. The van der Waals surface area contributed by atoms with E-state index in [1.54, 1.807) is 0 Å². The number of nitrogens with one attached hydrogen (secondary N) is 1. The van der Waals surface area contributed by atoms with Gasteiger partial charge in [-0.05, 0) is 12.8 Å². The van der Waals surface area contributed by atoms with Crippen molar-refractivity contribution in [1.82, 2.24) is 10.2 Å². The predicted molar refractivity (Wildman–Crippen MR) is 73.0 cm³/mol. The molecule has 3 amide bonds. The summed E-state index contributed by atoms with van der Waals surface area (Å²) in [6.45, 7) is -0.293. The summed E-state index contributed by atoms with van der Waals surface area (Å²) >= 11 is 4.61. The molecule has 0 heterocycles. The molecule has 7 nitrogen and oxygen atoms in total. The van der Waals surface area contributed by atoms with Crippen LogP contribution in [0, 0.1) is 0 Å². The highest BCUT2D eigenvalue weighted by Gasteiger charge is 2.31. The zero-order chi connectivity index (χ0) is 14.4. The Morgan fingerprint density at radius 2 is 1.79 bits per heavy atom. The molecule has 0 aromatic heterocycles. The first-order chi connectivity index (χ1) is 8.91. The molecule has 0 saturated heterocycles. The van der Waals surface area contributed by atoms with Crippen LogP contribution < -0.4 is 16.8 Å². The number of carbonyl (C=O) groups is 3. The Bertz CT molecular complexity index is 393. The van der Waals surface area contributed by atoms with Crippen LogP contribution in [-0.4, -0.2) is 46.7 Å². The minimum atomic E-state index is -0.819. The van der Waals surface area contributed by atoms with Crippen molar-refractivity contribution < 1.29 is 14.4 Å². The molecule has 1 aliphatic rings. The molecule has 0 unspecified atom stereocenters. The normalized spacial score (nSPS) is 14.9. The lowest BCUT2D eigenvalue weighted by Gasteiger charge is -2.26. The van der Waals surface area contributed by atoms with Crippen LogP contribution >= 0.6 is 12.2 Å². The second-order valence-corrected chi connectivity index (χ2v) is 5.01. The summed E-state index contributed by atoms with van der Waals surface area (Å²) in [5, 5.41) is 2.31. The van der Waals surface area contributed by atoms with E-state index in [-0.39, 0.29) is 24.1 Å². The van der Waals surface area contributed by atoms with Gasteiger partial charge in [-0.25, -0.2) is 0 Å². The number of thiocarbonyl (C=S) groups is 1. The van der Waals surface area contributed by atoms with Gasteiger partial charge < -0.3 is 21.7 Å². The van der Waals surface area contributed by atoms with Crippen molar-refractivity contribution in [3.8, 4) is 0 Å². The van der Waals surface area contributed by atoms with E-state index >= 15 is 0 Å².